The number of fused-ring (bicyclic) bond motifs is 1. The van der Waals surface area contributed by atoms with Gasteiger partial charge >= 0.3 is 11.7 Å². The smallest absolute Gasteiger partial charge is 0.329 e. The topological polar surface area (TPSA) is 77.0 Å². The molecule has 0 amide bonds. The van der Waals surface area contributed by atoms with Gasteiger partial charge in [-0.25, -0.2) is 4.79 Å². The van der Waals surface area contributed by atoms with Crippen LogP contribution in [0.25, 0.3) is 11.0 Å². The van der Waals surface area contributed by atoms with Crippen LogP contribution < -0.4 is 5.69 Å². The van der Waals surface area contributed by atoms with Gasteiger partial charge in [-0.3, -0.25) is 13.9 Å². The highest BCUT2D eigenvalue weighted by molar-refractivity contribution is 6.30. The van der Waals surface area contributed by atoms with Crippen LogP contribution in [0.3, 0.4) is 0 Å². The Bertz CT molecular complexity index is 1180. The summed E-state index contributed by atoms with van der Waals surface area (Å²) in [6.07, 6.45) is 2.91. The maximum Gasteiger partial charge on any atom is 0.329 e. The molecule has 30 heavy (non-hydrogen) atoms. The van der Waals surface area contributed by atoms with Gasteiger partial charge in [0.15, 0.2) is 0 Å². The first-order chi connectivity index (χ1) is 14.5. The molecule has 6 nitrogen and oxygen atoms in total. The van der Waals surface area contributed by atoms with E-state index in [0.29, 0.717) is 17.1 Å². The van der Waals surface area contributed by atoms with E-state index in [1.165, 1.54) is 6.92 Å². The van der Waals surface area contributed by atoms with Crippen molar-refractivity contribution in [2.24, 2.45) is 0 Å². The first-order valence-electron chi connectivity index (χ1n) is 10.0. The van der Waals surface area contributed by atoms with Crippen molar-refractivity contribution in [3.05, 3.63) is 69.1 Å². The predicted molar refractivity (Wildman–Crippen MR) is 115 cm³/mol. The molecular formula is C23H22ClN3O3. The Balaban J connectivity index is 1.73. The quantitative estimate of drug-likeness (QED) is 0.582. The van der Waals surface area contributed by atoms with Gasteiger partial charge in [-0.15, -0.1) is 0 Å². The van der Waals surface area contributed by atoms with Crippen molar-refractivity contribution >= 4 is 28.6 Å². The van der Waals surface area contributed by atoms with Gasteiger partial charge in [0, 0.05) is 18.0 Å². The summed E-state index contributed by atoms with van der Waals surface area (Å²) in [6.45, 7) is 1.82. The van der Waals surface area contributed by atoms with E-state index in [-0.39, 0.29) is 23.8 Å². The van der Waals surface area contributed by atoms with Crippen molar-refractivity contribution in [1.29, 1.82) is 5.26 Å². The Hall–Kier alpha value is -3.04. The molecule has 0 radical (unpaired) electrons. The number of hydrogen-bond acceptors (Lipinski definition) is 4. The second kappa shape index (κ2) is 8.37. The lowest BCUT2D eigenvalue weighted by molar-refractivity contribution is -0.148. The monoisotopic (exact) mass is 423 g/mol. The Morgan fingerprint density at radius 1 is 1.13 bits per heavy atom. The number of rotatable bonds is 4. The molecule has 7 heteroatoms. The van der Waals surface area contributed by atoms with Gasteiger partial charge in [0.05, 0.1) is 29.2 Å². The molecular weight excluding hydrogens is 402 g/mol. The fourth-order valence-corrected chi connectivity index (χ4v) is 4.41. The third kappa shape index (κ3) is 3.99. The van der Waals surface area contributed by atoms with Crippen molar-refractivity contribution in [3.63, 3.8) is 0 Å². The highest BCUT2D eigenvalue weighted by atomic mass is 35.5. The lowest BCUT2D eigenvalue weighted by Crippen LogP contribution is -2.32. The number of hydrogen-bond donors (Lipinski definition) is 0. The van der Waals surface area contributed by atoms with Crippen LogP contribution in [0.1, 0.15) is 49.8 Å². The van der Waals surface area contributed by atoms with E-state index in [1.54, 1.807) is 28.8 Å². The molecule has 1 fully saturated rings. The third-order valence-corrected chi connectivity index (χ3v) is 5.94. The molecule has 154 valence electrons. The molecule has 0 saturated heterocycles. The maximum absolute atomic E-state index is 13.4. The molecule has 0 N–H and O–H groups in total. The Kier molecular flexibility index (Phi) is 5.65. The highest BCUT2D eigenvalue weighted by Crippen LogP contribution is 2.32. The molecule has 0 spiro atoms. The lowest BCUT2D eigenvalue weighted by Gasteiger charge is -2.28. The first-order valence-corrected chi connectivity index (χ1v) is 10.4. The van der Waals surface area contributed by atoms with Gasteiger partial charge in [-0.1, -0.05) is 23.7 Å². The Morgan fingerprint density at radius 2 is 1.83 bits per heavy atom. The summed E-state index contributed by atoms with van der Waals surface area (Å²) in [4.78, 5) is 24.7. The maximum atomic E-state index is 13.4. The normalized spacial score (nSPS) is 18.8. The van der Waals surface area contributed by atoms with E-state index in [4.69, 9.17) is 16.3 Å². The molecule has 1 aromatic heterocycles. The fourth-order valence-electron chi connectivity index (χ4n) is 4.28. The molecule has 1 saturated carbocycles. The summed E-state index contributed by atoms with van der Waals surface area (Å²) in [5, 5.41) is 9.98. The van der Waals surface area contributed by atoms with Crippen LogP contribution in [-0.2, 0) is 16.1 Å². The lowest BCUT2D eigenvalue weighted by atomic mass is 9.92. The number of aromatic nitrogens is 2. The van der Waals surface area contributed by atoms with Gasteiger partial charge < -0.3 is 4.74 Å². The van der Waals surface area contributed by atoms with Crippen LogP contribution >= 0.6 is 11.6 Å². The van der Waals surface area contributed by atoms with Gasteiger partial charge in [-0.05, 0) is 61.6 Å². The second-order valence-electron chi connectivity index (χ2n) is 7.72. The third-order valence-electron chi connectivity index (χ3n) is 5.69. The minimum absolute atomic E-state index is 0.0335. The van der Waals surface area contributed by atoms with Crippen LogP contribution in [0.5, 0.6) is 0 Å². The van der Waals surface area contributed by atoms with Crippen LogP contribution in [-0.4, -0.2) is 21.2 Å². The van der Waals surface area contributed by atoms with E-state index in [1.807, 2.05) is 22.8 Å². The SMILES string of the molecule is CC(=O)OC1CCC(n2c(=O)n(Cc3ccc(Cl)cc3)c3cc(C#N)ccc32)CC1. The highest BCUT2D eigenvalue weighted by Gasteiger charge is 2.27. The van der Waals surface area contributed by atoms with Crippen LogP contribution in [0, 0.1) is 11.3 Å². The van der Waals surface area contributed by atoms with Crippen LogP contribution in [0.4, 0.5) is 0 Å². The number of carbonyl (C=O) groups excluding carboxylic acids is 1. The minimum Gasteiger partial charge on any atom is -0.463 e. The molecule has 0 atom stereocenters. The molecule has 0 aliphatic heterocycles. The van der Waals surface area contributed by atoms with E-state index < -0.39 is 0 Å². The summed E-state index contributed by atoms with van der Waals surface area (Å²) in [7, 11) is 0. The van der Waals surface area contributed by atoms with Crippen LogP contribution in [0.2, 0.25) is 5.02 Å². The van der Waals surface area contributed by atoms with Gasteiger partial charge in [-0.2, -0.15) is 5.26 Å². The van der Waals surface area contributed by atoms with Gasteiger partial charge in [0.1, 0.15) is 6.10 Å². The van der Waals surface area contributed by atoms with Crippen molar-refractivity contribution in [3.8, 4) is 6.07 Å². The fraction of sp³-hybridized carbons (Fsp3) is 0.348. The summed E-state index contributed by atoms with van der Waals surface area (Å²) >= 11 is 5.99. The van der Waals surface area contributed by atoms with E-state index in [9.17, 15) is 14.9 Å². The number of esters is 1. The summed E-state index contributed by atoms with van der Waals surface area (Å²) in [5.74, 6) is -0.265. The molecule has 3 aromatic rings. The first kappa shape index (κ1) is 20.2. The molecule has 4 rings (SSSR count). The van der Waals surface area contributed by atoms with Crippen molar-refractivity contribution in [2.75, 3.05) is 0 Å². The average molecular weight is 424 g/mol. The largest absolute Gasteiger partial charge is 0.463 e. The number of benzene rings is 2. The average Bonchev–Trinajstić information content (AvgIpc) is 3.00. The zero-order chi connectivity index (χ0) is 21.3. The summed E-state index contributed by atoms with van der Waals surface area (Å²) in [5.41, 5.74) is 2.95. The summed E-state index contributed by atoms with van der Waals surface area (Å²) in [6, 6.07) is 15.0. The zero-order valence-corrected chi connectivity index (χ0v) is 17.4. The van der Waals surface area contributed by atoms with E-state index in [0.717, 1.165) is 42.3 Å². The Labute approximate surface area is 179 Å². The number of halogens is 1. The van der Waals surface area contributed by atoms with Gasteiger partial charge in [0.2, 0.25) is 0 Å². The van der Waals surface area contributed by atoms with Crippen molar-refractivity contribution in [1.82, 2.24) is 9.13 Å². The van der Waals surface area contributed by atoms with E-state index >= 15 is 0 Å². The number of imidazole rings is 1. The zero-order valence-electron chi connectivity index (χ0n) is 16.7. The standard InChI is InChI=1S/C23H22ClN3O3/c1-15(28)30-20-9-7-19(8-10-20)27-21-11-4-17(13-25)12-22(21)26(23(27)29)14-16-2-5-18(24)6-3-16/h2-6,11-12,19-20H,7-10,14H2,1H3. The number of carbonyl (C=O) groups is 1. The minimum atomic E-state index is -0.265. The summed E-state index contributed by atoms with van der Waals surface area (Å²) < 4.78 is 8.90. The van der Waals surface area contributed by atoms with Crippen LogP contribution in [0.15, 0.2) is 47.3 Å². The Morgan fingerprint density at radius 3 is 2.47 bits per heavy atom. The molecule has 1 aliphatic rings. The van der Waals surface area contributed by atoms with Crippen molar-refractivity contribution < 1.29 is 9.53 Å². The van der Waals surface area contributed by atoms with Gasteiger partial charge in [0.25, 0.3) is 0 Å². The number of ether oxygens (including phenoxy) is 1. The van der Waals surface area contributed by atoms with E-state index in [2.05, 4.69) is 6.07 Å². The second-order valence-corrected chi connectivity index (χ2v) is 8.16. The molecule has 1 aliphatic carbocycles. The predicted octanol–water partition coefficient (Wildman–Crippen LogP) is 4.42. The molecule has 2 aromatic carbocycles. The number of nitriles is 1. The number of nitrogens with zero attached hydrogens (tertiary/aromatic N) is 3. The van der Waals surface area contributed by atoms with Crippen molar-refractivity contribution in [2.45, 2.75) is 51.3 Å². The molecule has 0 unspecified atom stereocenters. The molecule has 1 heterocycles. The molecule has 0 bridgehead atoms.